The smallest absolute Gasteiger partial charge is 0.228 e. The van der Waals surface area contributed by atoms with E-state index in [1.807, 2.05) is 0 Å². The zero-order valence-electron chi connectivity index (χ0n) is 10.6. The summed E-state index contributed by atoms with van der Waals surface area (Å²) in [5.41, 5.74) is 2.56. The highest BCUT2D eigenvalue weighted by Crippen LogP contribution is 2.35. The zero-order chi connectivity index (χ0) is 15.1. The molecule has 0 bridgehead atoms. The van der Waals surface area contributed by atoms with Gasteiger partial charge in [-0.3, -0.25) is 4.79 Å². The van der Waals surface area contributed by atoms with E-state index in [0.29, 0.717) is 0 Å². The molecule has 1 heterocycles. The lowest BCUT2D eigenvalue weighted by Gasteiger charge is -2.13. The third-order valence-electron chi connectivity index (χ3n) is 3.35. The largest absolute Gasteiger partial charge is 0.326 e. The summed E-state index contributed by atoms with van der Waals surface area (Å²) in [4.78, 5) is 10.8. The van der Waals surface area contributed by atoms with E-state index in [4.69, 9.17) is 0 Å². The maximum Gasteiger partial charge on any atom is 0.228 e. The van der Waals surface area contributed by atoms with Gasteiger partial charge in [0.25, 0.3) is 0 Å². The fourth-order valence-electron chi connectivity index (χ4n) is 2.32. The van der Waals surface area contributed by atoms with Crippen LogP contribution < -0.4 is 5.32 Å². The van der Waals surface area contributed by atoms with Gasteiger partial charge in [-0.1, -0.05) is 28.1 Å². The molecular formula is C15H9BrF3NO. The number of rotatable bonds is 2. The summed E-state index contributed by atoms with van der Waals surface area (Å²) < 4.78 is 39.6. The van der Waals surface area contributed by atoms with E-state index in [-0.39, 0.29) is 17.9 Å². The molecule has 108 valence electrons. The number of alkyl halides is 1. The third kappa shape index (κ3) is 2.55. The lowest BCUT2D eigenvalue weighted by molar-refractivity contribution is -0.115. The minimum atomic E-state index is -1.48. The molecule has 21 heavy (non-hydrogen) atoms. The van der Waals surface area contributed by atoms with Crippen molar-refractivity contribution in [1.82, 2.24) is 0 Å². The van der Waals surface area contributed by atoms with Gasteiger partial charge in [-0.2, -0.15) is 0 Å². The lowest BCUT2D eigenvalue weighted by atomic mass is 10.0. The molecule has 1 N–H and O–H groups in total. The van der Waals surface area contributed by atoms with Crippen molar-refractivity contribution in [2.45, 2.75) is 11.2 Å². The van der Waals surface area contributed by atoms with Gasteiger partial charge in [-0.25, -0.2) is 13.2 Å². The molecular weight excluding hydrogens is 347 g/mol. The quantitative estimate of drug-likeness (QED) is 0.638. The van der Waals surface area contributed by atoms with E-state index in [2.05, 4.69) is 21.2 Å². The second-order valence-corrected chi connectivity index (χ2v) is 5.72. The molecule has 0 saturated heterocycles. The minimum Gasteiger partial charge on any atom is -0.326 e. The number of anilines is 1. The lowest BCUT2D eigenvalue weighted by Crippen LogP contribution is -2.03. The number of carbonyl (C=O) groups excluding carboxylic acids is 1. The fourth-order valence-corrected chi connectivity index (χ4v) is 2.87. The van der Waals surface area contributed by atoms with Crippen LogP contribution >= 0.6 is 15.9 Å². The predicted octanol–water partition coefficient (Wildman–Crippen LogP) is 4.08. The Kier molecular flexibility index (Phi) is 3.49. The van der Waals surface area contributed by atoms with Gasteiger partial charge in [-0.05, 0) is 34.9 Å². The molecule has 0 aromatic heterocycles. The highest BCUT2D eigenvalue weighted by atomic mass is 79.9. The van der Waals surface area contributed by atoms with Crippen molar-refractivity contribution in [3.63, 3.8) is 0 Å². The summed E-state index contributed by atoms with van der Waals surface area (Å²) in [6.07, 6.45) is 0.273. The first-order valence-corrected chi connectivity index (χ1v) is 7.08. The van der Waals surface area contributed by atoms with Crippen molar-refractivity contribution < 1.29 is 18.0 Å². The van der Waals surface area contributed by atoms with E-state index < -0.39 is 22.3 Å². The van der Waals surface area contributed by atoms with Crippen LogP contribution in [-0.4, -0.2) is 5.91 Å². The van der Waals surface area contributed by atoms with Gasteiger partial charge in [0.1, 0.15) is 0 Å². The van der Waals surface area contributed by atoms with Crippen molar-refractivity contribution in [2.24, 2.45) is 0 Å². The van der Waals surface area contributed by atoms with Crippen LogP contribution in [-0.2, 0) is 11.2 Å². The van der Waals surface area contributed by atoms with Crippen molar-refractivity contribution in [3.8, 4) is 0 Å². The first-order chi connectivity index (χ1) is 9.95. The highest BCUT2D eigenvalue weighted by molar-refractivity contribution is 9.09. The number of hydrogen-bond donors (Lipinski definition) is 1. The summed E-state index contributed by atoms with van der Waals surface area (Å²) in [7, 11) is 0. The Labute approximate surface area is 127 Å². The monoisotopic (exact) mass is 355 g/mol. The van der Waals surface area contributed by atoms with Crippen LogP contribution in [0.2, 0.25) is 0 Å². The number of hydrogen-bond acceptors (Lipinski definition) is 1. The number of amides is 1. The number of halogens is 4. The average Bonchev–Trinajstić information content (AvgIpc) is 2.82. The summed E-state index contributed by atoms with van der Waals surface area (Å²) in [6.45, 7) is 0. The number of benzene rings is 2. The van der Waals surface area contributed by atoms with Crippen molar-refractivity contribution in [3.05, 3.63) is 64.5 Å². The van der Waals surface area contributed by atoms with Gasteiger partial charge in [0.2, 0.25) is 5.91 Å². The molecule has 1 aliphatic heterocycles. The van der Waals surface area contributed by atoms with Crippen LogP contribution in [0.3, 0.4) is 0 Å². The van der Waals surface area contributed by atoms with Gasteiger partial charge >= 0.3 is 0 Å². The van der Waals surface area contributed by atoms with Crippen LogP contribution in [0.5, 0.6) is 0 Å². The van der Waals surface area contributed by atoms with Crippen LogP contribution in [0, 0.1) is 17.5 Å². The molecule has 0 spiro atoms. The van der Waals surface area contributed by atoms with E-state index >= 15 is 0 Å². The van der Waals surface area contributed by atoms with E-state index in [1.54, 1.807) is 18.2 Å². The molecule has 0 saturated carbocycles. The molecule has 1 unspecified atom stereocenters. The molecule has 2 aromatic carbocycles. The summed E-state index contributed by atoms with van der Waals surface area (Å²) in [5, 5.41) is 2.71. The normalized spacial score (nSPS) is 14.8. The Bertz CT molecular complexity index is 725. The van der Waals surface area contributed by atoms with E-state index in [0.717, 1.165) is 28.9 Å². The van der Waals surface area contributed by atoms with Crippen molar-refractivity contribution in [1.29, 1.82) is 0 Å². The fraction of sp³-hybridized carbons (Fsp3) is 0.133. The Morgan fingerprint density at radius 3 is 2.38 bits per heavy atom. The molecule has 3 rings (SSSR count). The number of carbonyl (C=O) groups is 1. The van der Waals surface area contributed by atoms with E-state index in [1.165, 1.54) is 0 Å². The van der Waals surface area contributed by atoms with E-state index in [9.17, 15) is 18.0 Å². The van der Waals surface area contributed by atoms with Crippen molar-refractivity contribution >= 4 is 27.5 Å². The SMILES string of the molecule is O=C1Cc2cc(C(Br)c3cc(F)c(F)c(F)c3)ccc2N1. The summed E-state index contributed by atoms with van der Waals surface area (Å²) >= 11 is 3.35. The Hall–Kier alpha value is -1.82. The highest BCUT2D eigenvalue weighted by Gasteiger charge is 2.21. The Morgan fingerprint density at radius 1 is 1.05 bits per heavy atom. The van der Waals surface area contributed by atoms with Crippen LogP contribution in [0.4, 0.5) is 18.9 Å². The molecule has 0 radical (unpaired) electrons. The standard InChI is InChI=1S/C15H9BrF3NO/c16-14(9-4-10(17)15(19)11(18)5-9)7-1-2-12-8(3-7)6-13(21)20-12/h1-5,14H,6H2,(H,20,21). The summed E-state index contributed by atoms with van der Waals surface area (Å²) in [6, 6.07) is 7.16. The third-order valence-corrected chi connectivity index (χ3v) is 4.40. The summed E-state index contributed by atoms with van der Waals surface area (Å²) in [5.74, 6) is -4.03. The number of fused-ring (bicyclic) bond motifs is 1. The van der Waals surface area contributed by atoms with Crippen LogP contribution in [0.25, 0.3) is 0 Å². The maximum atomic E-state index is 13.3. The molecule has 2 nitrogen and oxygen atoms in total. The molecule has 0 fully saturated rings. The zero-order valence-corrected chi connectivity index (χ0v) is 12.2. The van der Waals surface area contributed by atoms with Gasteiger partial charge < -0.3 is 5.32 Å². The van der Waals surface area contributed by atoms with Gasteiger partial charge in [-0.15, -0.1) is 0 Å². The second-order valence-electron chi connectivity index (χ2n) is 4.80. The Balaban J connectivity index is 1.98. The molecule has 0 aliphatic carbocycles. The molecule has 2 aromatic rings. The molecule has 6 heteroatoms. The molecule has 1 aliphatic rings. The van der Waals surface area contributed by atoms with Crippen LogP contribution in [0.1, 0.15) is 21.5 Å². The average molecular weight is 356 g/mol. The molecule has 1 amide bonds. The first kappa shape index (κ1) is 14.1. The Morgan fingerprint density at radius 2 is 1.71 bits per heavy atom. The number of nitrogens with one attached hydrogen (secondary N) is 1. The second kappa shape index (κ2) is 5.18. The predicted molar refractivity (Wildman–Crippen MR) is 75.9 cm³/mol. The van der Waals surface area contributed by atoms with Gasteiger partial charge in [0.05, 0.1) is 11.2 Å². The maximum absolute atomic E-state index is 13.3. The van der Waals surface area contributed by atoms with Crippen molar-refractivity contribution in [2.75, 3.05) is 5.32 Å². The van der Waals surface area contributed by atoms with Gasteiger partial charge in [0.15, 0.2) is 17.5 Å². The van der Waals surface area contributed by atoms with Crippen LogP contribution in [0.15, 0.2) is 30.3 Å². The molecule has 1 atom stereocenters. The first-order valence-electron chi connectivity index (χ1n) is 6.17. The topological polar surface area (TPSA) is 29.1 Å². The van der Waals surface area contributed by atoms with Gasteiger partial charge in [0, 0.05) is 5.69 Å². The minimum absolute atomic E-state index is 0.0906.